The Balaban J connectivity index is 1.79. The SMILES string of the molecule is Cc1cccn2c(=O)c(C=C(C#N)C(=O)NCc3ccco3)c(Oc3ccc(F)cc3)nc12. The van der Waals surface area contributed by atoms with E-state index in [1.807, 2.05) is 0 Å². The first-order valence-corrected chi connectivity index (χ1v) is 9.84. The summed E-state index contributed by atoms with van der Waals surface area (Å²) in [7, 11) is 0. The van der Waals surface area contributed by atoms with E-state index >= 15 is 0 Å². The molecule has 0 unspecified atom stereocenters. The molecular formula is C24H17FN4O4. The Morgan fingerprint density at radius 3 is 2.76 bits per heavy atom. The van der Waals surface area contributed by atoms with Gasteiger partial charge in [0, 0.05) is 6.20 Å². The molecule has 0 radical (unpaired) electrons. The topological polar surface area (TPSA) is 110 Å². The van der Waals surface area contributed by atoms with Gasteiger partial charge in [0.1, 0.15) is 40.2 Å². The van der Waals surface area contributed by atoms with Gasteiger partial charge in [-0.2, -0.15) is 10.2 Å². The van der Waals surface area contributed by atoms with Crippen LogP contribution in [0.2, 0.25) is 0 Å². The van der Waals surface area contributed by atoms with Crippen molar-refractivity contribution >= 4 is 17.6 Å². The first kappa shape index (κ1) is 21.5. The normalized spacial score (nSPS) is 11.2. The van der Waals surface area contributed by atoms with Gasteiger partial charge in [-0.05, 0) is 61.0 Å². The van der Waals surface area contributed by atoms with E-state index in [1.165, 1.54) is 41.1 Å². The van der Waals surface area contributed by atoms with Crippen molar-refractivity contribution in [2.24, 2.45) is 0 Å². The monoisotopic (exact) mass is 444 g/mol. The molecule has 0 spiro atoms. The van der Waals surface area contributed by atoms with Crippen LogP contribution >= 0.6 is 0 Å². The standard InChI is InChI=1S/C24H17FN4O4/c1-15-4-2-10-29-21(15)28-23(33-18-8-6-17(25)7-9-18)20(24(29)31)12-16(13-26)22(30)27-14-19-5-3-11-32-19/h2-12H,14H2,1H3,(H,27,30). The number of halogens is 1. The third-order valence-corrected chi connectivity index (χ3v) is 4.73. The highest BCUT2D eigenvalue weighted by atomic mass is 19.1. The van der Waals surface area contributed by atoms with Crippen LogP contribution in [-0.4, -0.2) is 15.3 Å². The highest BCUT2D eigenvalue weighted by molar-refractivity contribution is 6.01. The van der Waals surface area contributed by atoms with Crippen LogP contribution in [0.4, 0.5) is 4.39 Å². The molecule has 0 fully saturated rings. The number of fused-ring (bicyclic) bond motifs is 1. The first-order valence-electron chi connectivity index (χ1n) is 9.84. The quantitative estimate of drug-likeness (QED) is 0.358. The molecule has 0 aliphatic heterocycles. The summed E-state index contributed by atoms with van der Waals surface area (Å²) < 4.78 is 25.5. The maximum absolute atomic E-state index is 13.3. The number of nitriles is 1. The zero-order chi connectivity index (χ0) is 23.4. The molecule has 8 nitrogen and oxygen atoms in total. The highest BCUT2D eigenvalue weighted by Gasteiger charge is 2.18. The van der Waals surface area contributed by atoms with E-state index in [1.54, 1.807) is 37.3 Å². The highest BCUT2D eigenvalue weighted by Crippen LogP contribution is 2.25. The molecule has 3 heterocycles. The van der Waals surface area contributed by atoms with Gasteiger partial charge < -0.3 is 14.5 Å². The summed E-state index contributed by atoms with van der Waals surface area (Å²) in [5, 5.41) is 12.1. The third-order valence-electron chi connectivity index (χ3n) is 4.73. The number of carbonyl (C=O) groups is 1. The number of carbonyl (C=O) groups excluding carboxylic acids is 1. The zero-order valence-corrected chi connectivity index (χ0v) is 17.4. The van der Waals surface area contributed by atoms with Gasteiger partial charge in [0.05, 0.1) is 12.8 Å². The Morgan fingerprint density at radius 1 is 1.27 bits per heavy atom. The second kappa shape index (κ2) is 9.20. The molecule has 0 bridgehead atoms. The van der Waals surface area contributed by atoms with Gasteiger partial charge in [-0.3, -0.25) is 14.0 Å². The lowest BCUT2D eigenvalue weighted by atomic mass is 10.1. The van der Waals surface area contributed by atoms with E-state index < -0.39 is 17.3 Å². The lowest BCUT2D eigenvalue weighted by Crippen LogP contribution is -2.25. The van der Waals surface area contributed by atoms with Crippen LogP contribution in [0.25, 0.3) is 11.7 Å². The summed E-state index contributed by atoms with van der Waals surface area (Å²) >= 11 is 0. The number of ether oxygens (including phenoxy) is 1. The second-order valence-electron chi connectivity index (χ2n) is 7.01. The van der Waals surface area contributed by atoms with Gasteiger partial charge in [0.2, 0.25) is 5.88 Å². The third kappa shape index (κ3) is 4.65. The number of amides is 1. The number of aryl methyl sites for hydroxylation is 1. The summed E-state index contributed by atoms with van der Waals surface area (Å²) in [6.07, 6.45) is 4.12. The predicted molar refractivity (Wildman–Crippen MR) is 117 cm³/mol. The molecule has 164 valence electrons. The number of aromatic nitrogens is 2. The van der Waals surface area contributed by atoms with E-state index in [9.17, 15) is 19.2 Å². The minimum absolute atomic E-state index is 0.0674. The second-order valence-corrected chi connectivity index (χ2v) is 7.01. The summed E-state index contributed by atoms with van der Waals surface area (Å²) in [6, 6.07) is 13.8. The summed E-state index contributed by atoms with van der Waals surface area (Å²) in [5.74, 6) is -0.534. The van der Waals surface area contributed by atoms with Crippen molar-refractivity contribution < 1.29 is 18.3 Å². The average molecular weight is 444 g/mol. The lowest BCUT2D eigenvalue weighted by molar-refractivity contribution is -0.117. The largest absolute Gasteiger partial charge is 0.467 e. The van der Waals surface area contributed by atoms with Crippen LogP contribution in [0.3, 0.4) is 0 Å². The van der Waals surface area contributed by atoms with Crippen molar-refractivity contribution in [2.75, 3.05) is 0 Å². The lowest BCUT2D eigenvalue weighted by Gasteiger charge is -2.11. The van der Waals surface area contributed by atoms with E-state index in [2.05, 4.69) is 10.3 Å². The number of nitrogens with one attached hydrogen (secondary N) is 1. The Labute approximate surface area is 187 Å². The van der Waals surface area contributed by atoms with Crippen molar-refractivity contribution in [3.8, 4) is 17.7 Å². The Morgan fingerprint density at radius 2 is 2.06 bits per heavy atom. The molecule has 0 atom stereocenters. The Bertz CT molecular complexity index is 1450. The van der Waals surface area contributed by atoms with E-state index in [0.29, 0.717) is 17.0 Å². The molecular weight excluding hydrogens is 427 g/mol. The molecule has 4 rings (SSSR count). The van der Waals surface area contributed by atoms with Crippen molar-refractivity contribution in [3.63, 3.8) is 0 Å². The predicted octanol–water partition coefficient (Wildman–Crippen LogP) is 3.75. The molecule has 1 amide bonds. The Kier molecular flexibility index (Phi) is 6.00. The minimum Gasteiger partial charge on any atom is -0.467 e. The fourth-order valence-corrected chi connectivity index (χ4v) is 3.08. The van der Waals surface area contributed by atoms with Crippen molar-refractivity contribution in [3.05, 3.63) is 99.6 Å². The number of nitrogens with zero attached hydrogens (tertiary/aromatic N) is 3. The number of hydrogen-bond donors (Lipinski definition) is 1. The zero-order valence-electron chi connectivity index (χ0n) is 17.4. The van der Waals surface area contributed by atoms with Gasteiger partial charge in [-0.15, -0.1) is 0 Å². The fraction of sp³-hybridized carbons (Fsp3) is 0.0833. The maximum atomic E-state index is 13.3. The van der Waals surface area contributed by atoms with Gasteiger partial charge in [0.25, 0.3) is 11.5 Å². The molecule has 4 aromatic rings. The van der Waals surface area contributed by atoms with Crippen LogP contribution < -0.4 is 15.6 Å². The smallest absolute Gasteiger partial charge is 0.269 e. The molecule has 1 aromatic carbocycles. The number of hydrogen-bond acceptors (Lipinski definition) is 6. The van der Waals surface area contributed by atoms with Crippen LogP contribution in [-0.2, 0) is 11.3 Å². The van der Waals surface area contributed by atoms with Crippen molar-refractivity contribution in [2.45, 2.75) is 13.5 Å². The summed E-state index contributed by atoms with van der Waals surface area (Å²) in [6.45, 7) is 1.85. The molecule has 3 aromatic heterocycles. The fourth-order valence-electron chi connectivity index (χ4n) is 3.08. The van der Waals surface area contributed by atoms with Gasteiger partial charge >= 0.3 is 0 Å². The summed E-state index contributed by atoms with van der Waals surface area (Å²) in [5.41, 5.74) is 0.0971. The van der Waals surface area contributed by atoms with E-state index in [4.69, 9.17) is 9.15 Å². The number of pyridine rings is 1. The van der Waals surface area contributed by atoms with Crippen LogP contribution in [0, 0.1) is 24.1 Å². The molecule has 33 heavy (non-hydrogen) atoms. The summed E-state index contributed by atoms with van der Waals surface area (Å²) in [4.78, 5) is 30.2. The van der Waals surface area contributed by atoms with Gasteiger partial charge in [-0.25, -0.2) is 4.39 Å². The molecule has 0 saturated heterocycles. The number of rotatable bonds is 6. The van der Waals surface area contributed by atoms with Crippen LogP contribution in [0.15, 0.2) is 75.8 Å². The van der Waals surface area contributed by atoms with E-state index in [0.717, 1.165) is 6.08 Å². The van der Waals surface area contributed by atoms with Crippen molar-refractivity contribution in [1.29, 1.82) is 5.26 Å². The molecule has 0 aliphatic carbocycles. The van der Waals surface area contributed by atoms with Crippen LogP contribution in [0.5, 0.6) is 11.6 Å². The first-order chi connectivity index (χ1) is 16.0. The molecule has 0 saturated carbocycles. The van der Waals surface area contributed by atoms with Crippen molar-refractivity contribution in [1.82, 2.24) is 14.7 Å². The van der Waals surface area contributed by atoms with Gasteiger partial charge in [0.15, 0.2) is 0 Å². The van der Waals surface area contributed by atoms with E-state index in [-0.39, 0.29) is 29.3 Å². The number of benzene rings is 1. The Hall–Kier alpha value is -4.71. The van der Waals surface area contributed by atoms with Gasteiger partial charge in [-0.1, -0.05) is 6.07 Å². The minimum atomic E-state index is -0.699. The molecule has 9 heteroatoms. The molecule has 1 N–H and O–H groups in total. The molecule has 0 aliphatic rings. The average Bonchev–Trinajstić information content (AvgIpc) is 3.33. The van der Waals surface area contributed by atoms with Crippen LogP contribution in [0.1, 0.15) is 16.9 Å². The maximum Gasteiger partial charge on any atom is 0.269 e. The number of furan rings is 1.